The van der Waals surface area contributed by atoms with Crippen molar-refractivity contribution in [3.8, 4) is 0 Å². The standard InChI is InChI=1S/C17H26N2O2S/c1-15-5-2-3-6-16(15)13-22-14-17(20)18-7-4-8-19-9-11-21-12-10-19/h2-3,5-6H,4,7-14H2,1H3,(H,18,20). The third-order valence-electron chi connectivity index (χ3n) is 3.83. The fraction of sp³-hybridized carbons (Fsp3) is 0.588. The second-order valence-electron chi connectivity index (χ2n) is 5.58. The zero-order chi connectivity index (χ0) is 15.6. The van der Waals surface area contributed by atoms with Crippen molar-refractivity contribution in [1.82, 2.24) is 10.2 Å². The van der Waals surface area contributed by atoms with Crippen molar-refractivity contribution in [3.63, 3.8) is 0 Å². The van der Waals surface area contributed by atoms with Gasteiger partial charge in [-0.2, -0.15) is 0 Å². The molecule has 0 bridgehead atoms. The molecule has 0 spiro atoms. The maximum Gasteiger partial charge on any atom is 0.230 e. The molecule has 1 amide bonds. The topological polar surface area (TPSA) is 41.6 Å². The molecule has 0 saturated carbocycles. The van der Waals surface area contributed by atoms with Gasteiger partial charge in [0.2, 0.25) is 5.91 Å². The van der Waals surface area contributed by atoms with Gasteiger partial charge >= 0.3 is 0 Å². The molecule has 1 fully saturated rings. The molecule has 1 aromatic rings. The molecule has 0 radical (unpaired) electrons. The third kappa shape index (κ3) is 6.38. The molecule has 1 N–H and O–H groups in total. The van der Waals surface area contributed by atoms with Crippen LogP contribution >= 0.6 is 11.8 Å². The Labute approximate surface area is 137 Å². The van der Waals surface area contributed by atoms with Crippen LogP contribution in [0.1, 0.15) is 17.5 Å². The van der Waals surface area contributed by atoms with Gasteiger partial charge in [0.15, 0.2) is 0 Å². The van der Waals surface area contributed by atoms with Crippen LogP contribution in [0.5, 0.6) is 0 Å². The molecule has 1 saturated heterocycles. The van der Waals surface area contributed by atoms with E-state index in [4.69, 9.17) is 4.74 Å². The van der Waals surface area contributed by atoms with Crippen LogP contribution in [-0.4, -0.2) is 56.0 Å². The summed E-state index contributed by atoms with van der Waals surface area (Å²) in [4.78, 5) is 14.2. The van der Waals surface area contributed by atoms with Gasteiger partial charge in [0.1, 0.15) is 0 Å². The molecule has 0 atom stereocenters. The van der Waals surface area contributed by atoms with Gasteiger partial charge in [-0.05, 0) is 31.0 Å². The predicted octanol–water partition coefficient (Wildman–Crippen LogP) is 2.07. The van der Waals surface area contributed by atoms with E-state index in [1.54, 1.807) is 11.8 Å². The number of rotatable bonds is 8. The Morgan fingerprint density at radius 1 is 1.32 bits per heavy atom. The van der Waals surface area contributed by atoms with Gasteiger partial charge in [-0.15, -0.1) is 11.8 Å². The number of morpholine rings is 1. The van der Waals surface area contributed by atoms with Crippen molar-refractivity contribution >= 4 is 17.7 Å². The Bertz CT molecular complexity index is 462. The van der Waals surface area contributed by atoms with E-state index >= 15 is 0 Å². The molecule has 5 heteroatoms. The molecular weight excluding hydrogens is 296 g/mol. The fourth-order valence-electron chi connectivity index (χ4n) is 2.43. The van der Waals surface area contributed by atoms with Crippen molar-refractivity contribution in [2.75, 3.05) is 45.1 Å². The lowest BCUT2D eigenvalue weighted by molar-refractivity contribution is -0.118. The molecule has 0 aliphatic carbocycles. The van der Waals surface area contributed by atoms with E-state index in [2.05, 4.69) is 35.3 Å². The number of carbonyl (C=O) groups is 1. The van der Waals surface area contributed by atoms with E-state index < -0.39 is 0 Å². The highest BCUT2D eigenvalue weighted by atomic mass is 32.2. The summed E-state index contributed by atoms with van der Waals surface area (Å²) in [6.07, 6.45) is 1.01. The molecule has 1 aromatic carbocycles. The van der Waals surface area contributed by atoms with Crippen molar-refractivity contribution in [3.05, 3.63) is 35.4 Å². The first-order valence-corrected chi connectivity index (χ1v) is 9.10. The van der Waals surface area contributed by atoms with Crippen molar-refractivity contribution < 1.29 is 9.53 Å². The quantitative estimate of drug-likeness (QED) is 0.744. The molecule has 1 aliphatic heterocycles. The largest absolute Gasteiger partial charge is 0.379 e. The number of amides is 1. The lowest BCUT2D eigenvalue weighted by Crippen LogP contribution is -2.38. The van der Waals surface area contributed by atoms with E-state index in [1.807, 2.05) is 6.07 Å². The van der Waals surface area contributed by atoms with Crippen molar-refractivity contribution in [2.45, 2.75) is 19.1 Å². The van der Waals surface area contributed by atoms with Crippen LogP contribution in [0.15, 0.2) is 24.3 Å². The summed E-state index contributed by atoms with van der Waals surface area (Å²) in [6.45, 7) is 7.62. The predicted molar refractivity (Wildman–Crippen MR) is 92.2 cm³/mol. The maximum absolute atomic E-state index is 11.8. The Balaban J connectivity index is 1.51. The smallest absolute Gasteiger partial charge is 0.230 e. The number of ether oxygens (including phenoxy) is 1. The molecule has 1 aliphatic rings. The summed E-state index contributed by atoms with van der Waals surface area (Å²) in [6, 6.07) is 8.34. The molecule has 4 nitrogen and oxygen atoms in total. The molecule has 22 heavy (non-hydrogen) atoms. The average Bonchev–Trinajstić information content (AvgIpc) is 2.54. The van der Waals surface area contributed by atoms with Gasteiger partial charge in [0.25, 0.3) is 0 Å². The van der Waals surface area contributed by atoms with Gasteiger partial charge in [-0.3, -0.25) is 9.69 Å². The fourth-order valence-corrected chi connectivity index (χ4v) is 3.37. The first-order valence-electron chi connectivity index (χ1n) is 7.95. The van der Waals surface area contributed by atoms with Gasteiger partial charge < -0.3 is 10.1 Å². The number of nitrogens with one attached hydrogen (secondary N) is 1. The van der Waals surface area contributed by atoms with E-state index in [0.717, 1.165) is 51.6 Å². The Morgan fingerprint density at radius 3 is 2.86 bits per heavy atom. The molecule has 0 unspecified atom stereocenters. The zero-order valence-corrected chi connectivity index (χ0v) is 14.2. The third-order valence-corrected chi connectivity index (χ3v) is 4.81. The number of benzene rings is 1. The van der Waals surface area contributed by atoms with Gasteiger partial charge in [0, 0.05) is 25.4 Å². The number of aryl methyl sites for hydroxylation is 1. The number of hydrogen-bond acceptors (Lipinski definition) is 4. The highest BCUT2D eigenvalue weighted by molar-refractivity contribution is 7.99. The van der Waals surface area contributed by atoms with Gasteiger partial charge in [0.05, 0.1) is 19.0 Å². The number of thioether (sulfide) groups is 1. The minimum Gasteiger partial charge on any atom is -0.379 e. The second kappa shape index (κ2) is 9.87. The van der Waals surface area contributed by atoms with E-state index in [1.165, 1.54) is 11.1 Å². The van der Waals surface area contributed by atoms with Gasteiger partial charge in [-0.25, -0.2) is 0 Å². The first kappa shape index (κ1) is 17.3. The van der Waals surface area contributed by atoms with Gasteiger partial charge in [-0.1, -0.05) is 24.3 Å². The summed E-state index contributed by atoms with van der Waals surface area (Å²) < 4.78 is 5.32. The van der Waals surface area contributed by atoms with Crippen LogP contribution in [0.2, 0.25) is 0 Å². The van der Waals surface area contributed by atoms with E-state index in [0.29, 0.717) is 5.75 Å². The Hall–Kier alpha value is -1.04. The molecule has 0 aromatic heterocycles. The van der Waals surface area contributed by atoms with Crippen LogP contribution in [0.4, 0.5) is 0 Å². The number of carbonyl (C=O) groups excluding carboxylic acids is 1. The molecule has 122 valence electrons. The molecular formula is C17H26N2O2S. The van der Waals surface area contributed by atoms with Crippen LogP contribution in [-0.2, 0) is 15.3 Å². The van der Waals surface area contributed by atoms with Crippen LogP contribution in [0, 0.1) is 6.92 Å². The van der Waals surface area contributed by atoms with Crippen molar-refractivity contribution in [2.24, 2.45) is 0 Å². The highest BCUT2D eigenvalue weighted by Crippen LogP contribution is 2.15. The lowest BCUT2D eigenvalue weighted by atomic mass is 10.1. The van der Waals surface area contributed by atoms with Crippen LogP contribution in [0.25, 0.3) is 0 Å². The summed E-state index contributed by atoms with van der Waals surface area (Å²) in [5.74, 6) is 1.57. The highest BCUT2D eigenvalue weighted by Gasteiger charge is 2.09. The lowest BCUT2D eigenvalue weighted by Gasteiger charge is -2.26. The first-order chi connectivity index (χ1) is 10.8. The average molecular weight is 322 g/mol. The molecule has 1 heterocycles. The normalized spacial score (nSPS) is 15.7. The number of nitrogens with zero attached hydrogens (tertiary/aromatic N) is 1. The summed E-state index contributed by atoms with van der Waals surface area (Å²) in [5.41, 5.74) is 2.61. The monoisotopic (exact) mass is 322 g/mol. The van der Waals surface area contributed by atoms with Crippen LogP contribution < -0.4 is 5.32 Å². The van der Waals surface area contributed by atoms with E-state index in [9.17, 15) is 4.79 Å². The van der Waals surface area contributed by atoms with Crippen molar-refractivity contribution in [1.29, 1.82) is 0 Å². The SMILES string of the molecule is Cc1ccccc1CSCC(=O)NCCCN1CCOCC1. The Morgan fingerprint density at radius 2 is 2.09 bits per heavy atom. The minimum absolute atomic E-state index is 0.139. The van der Waals surface area contributed by atoms with E-state index in [-0.39, 0.29) is 5.91 Å². The number of hydrogen-bond donors (Lipinski definition) is 1. The Kier molecular flexibility index (Phi) is 7.77. The minimum atomic E-state index is 0.139. The molecule has 2 rings (SSSR count). The summed E-state index contributed by atoms with van der Waals surface area (Å²) in [7, 11) is 0. The summed E-state index contributed by atoms with van der Waals surface area (Å²) in [5, 5.41) is 3.01. The zero-order valence-electron chi connectivity index (χ0n) is 13.3. The second-order valence-corrected chi connectivity index (χ2v) is 6.56. The summed E-state index contributed by atoms with van der Waals surface area (Å²) >= 11 is 1.68. The maximum atomic E-state index is 11.8. The van der Waals surface area contributed by atoms with Crippen LogP contribution in [0.3, 0.4) is 0 Å².